The third-order valence-corrected chi connectivity index (χ3v) is 3.16. The summed E-state index contributed by atoms with van der Waals surface area (Å²) < 4.78 is 10.2. The third-order valence-electron chi connectivity index (χ3n) is 3.16. The number of esters is 2. The van der Waals surface area contributed by atoms with Crippen LogP contribution in [0.4, 0.5) is 0 Å². The number of allylic oxidation sites excluding steroid dienone is 1. The smallest absolute Gasteiger partial charge is 0.331 e. The predicted octanol–water partition coefficient (Wildman–Crippen LogP) is 1.47. The quantitative estimate of drug-likeness (QED) is 0.681. The molecule has 0 fully saturated rings. The van der Waals surface area contributed by atoms with Crippen LogP contribution in [-0.2, 0) is 23.9 Å². The highest BCUT2D eigenvalue weighted by molar-refractivity contribution is 5.95. The van der Waals surface area contributed by atoms with Gasteiger partial charge in [0.1, 0.15) is 0 Å². The van der Waals surface area contributed by atoms with E-state index >= 15 is 0 Å². The summed E-state index contributed by atoms with van der Waals surface area (Å²) in [5.41, 5.74) is 0. The summed E-state index contributed by atoms with van der Waals surface area (Å²) in [7, 11) is 0. The van der Waals surface area contributed by atoms with Gasteiger partial charge in [0, 0.05) is 18.6 Å². The average molecular weight is 310 g/mol. The van der Waals surface area contributed by atoms with Crippen molar-refractivity contribution in [3.8, 4) is 0 Å². The maximum atomic E-state index is 11.6. The monoisotopic (exact) mass is 310 g/mol. The maximum absolute atomic E-state index is 11.6. The molecule has 1 rings (SSSR count). The molecule has 122 valence electrons. The van der Waals surface area contributed by atoms with Crippen molar-refractivity contribution in [1.82, 2.24) is 0 Å². The van der Waals surface area contributed by atoms with E-state index in [2.05, 4.69) is 0 Å². The Kier molecular flexibility index (Phi) is 7.52. The molecule has 22 heavy (non-hydrogen) atoms. The molecule has 0 unspecified atom stereocenters. The molecule has 0 aromatic rings. The molecule has 1 heterocycles. The van der Waals surface area contributed by atoms with E-state index in [-0.39, 0.29) is 12.2 Å². The molecule has 1 aliphatic heterocycles. The van der Waals surface area contributed by atoms with Crippen molar-refractivity contribution in [1.29, 1.82) is 0 Å². The van der Waals surface area contributed by atoms with E-state index in [4.69, 9.17) is 9.47 Å². The maximum Gasteiger partial charge on any atom is 0.331 e. The van der Waals surface area contributed by atoms with Crippen LogP contribution in [0.3, 0.4) is 0 Å². The first-order valence-electron chi connectivity index (χ1n) is 7.35. The van der Waals surface area contributed by atoms with Gasteiger partial charge < -0.3 is 14.6 Å². The van der Waals surface area contributed by atoms with Gasteiger partial charge in [0.2, 0.25) is 0 Å². The molecule has 0 radical (unpaired) electrons. The topological polar surface area (TPSA) is 89.9 Å². The number of cyclic esters (lactones) is 2. The Morgan fingerprint density at radius 3 is 2.18 bits per heavy atom. The number of aliphatic hydroxyl groups is 1. The number of hydrogen-bond acceptors (Lipinski definition) is 6. The van der Waals surface area contributed by atoms with E-state index in [1.165, 1.54) is 18.2 Å². The summed E-state index contributed by atoms with van der Waals surface area (Å²) in [6, 6.07) is 0. The summed E-state index contributed by atoms with van der Waals surface area (Å²) in [5, 5.41) is 9.73. The fourth-order valence-electron chi connectivity index (χ4n) is 1.87. The van der Waals surface area contributed by atoms with Gasteiger partial charge in [-0.25, -0.2) is 9.59 Å². The van der Waals surface area contributed by atoms with Crippen LogP contribution in [0.1, 0.15) is 39.5 Å². The van der Waals surface area contributed by atoms with Gasteiger partial charge in [-0.1, -0.05) is 0 Å². The first-order chi connectivity index (χ1) is 10.4. The minimum absolute atomic E-state index is 0.167. The van der Waals surface area contributed by atoms with Crippen molar-refractivity contribution in [3.05, 3.63) is 24.3 Å². The van der Waals surface area contributed by atoms with E-state index in [1.807, 2.05) is 0 Å². The fraction of sp³-hybridized carbons (Fsp3) is 0.562. The second kappa shape index (κ2) is 9.15. The first-order valence-corrected chi connectivity index (χ1v) is 7.35. The summed E-state index contributed by atoms with van der Waals surface area (Å²) in [4.78, 5) is 34.6. The SMILES string of the molecule is C[C@@H]1CCC(=O)/C=C/C(=O)O[C@H](C)CC[C@H](O)/C=C\C(=O)O1. The highest BCUT2D eigenvalue weighted by atomic mass is 16.5. The van der Waals surface area contributed by atoms with E-state index in [1.54, 1.807) is 13.8 Å². The number of carbonyl (C=O) groups excluding carboxylic acids is 3. The normalized spacial score (nSPS) is 32.0. The standard InChI is InChI=1S/C16H22O6/c1-11-3-5-13(17)8-10-16(20)22-12(2)4-6-14(18)7-9-15(19)21-11/h7-13,17H,3-6H2,1-2H3/b9-7+,10-8-/t11-,12-,13+/m1/s1. The summed E-state index contributed by atoms with van der Waals surface area (Å²) in [6.45, 7) is 3.38. The molecule has 1 N–H and O–H groups in total. The van der Waals surface area contributed by atoms with Crippen LogP contribution in [0.2, 0.25) is 0 Å². The van der Waals surface area contributed by atoms with Gasteiger partial charge in [0.25, 0.3) is 0 Å². The fourth-order valence-corrected chi connectivity index (χ4v) is 1.87. The zero-order valence-corrected chi connectivity index (χ0v) is 12.9. The van der Waals surface area contributed by atoms with Gasteiger partial charge >= 0.3 is 11.9 Å². The minimum atomic E-state index is -0.811. The first kappa shape index (κ1) is 18.1. The molecule has 0 aromatic carbocycles. The lowest BCUT2D eigenvalue weighted by Crippen LogP contribution is -2.17. The summed E-state index contributed by atoms with van der Waals surface area (Å²) >= 11 is 0. The second-order valence-corrected chi connectivity index (χ2v) is 5.34. The highest BCUT2D eigenvalue weighted by Gasteiger charge is 2.13. The number of hydrogen-bond donors (Lipinski definition) is 1. The molecule has 0 aliphatic carbocycles. The van der Waals surface area contributed by atoms with Crippen molar-refractivity contribution >= 4 is 17.7 Å². The number of carbonyl (C=O) groups is 3. The van der Waals surface area contributed by atoms with Crippen molar-refractivity contribution in [2.24, 2.45) is 0 Å². The van der Waals surface area contributed by atoms with Gasteiger partial charge in [0.05, 0.1) is 18.3 Å². The molecular formula is C16H22O6. The minimum Gasteiger partial charge on any atom is -0.460 e. The Morgan fingerprint density at radius 1 is 0.909 bits per heavy atom. The van der Waals surface area contributed by atoms with E-state index < -0.39 is 30.3 Å². The Balaban J connectivity index is 2.72. The molecule has 0 bridgehead atoms. The van der Waals surface area contributed by atoms with Gasteiger partial charge in [-0.05, 0) is 45.3 Å². The Labute approximate surface area is 129 Å². The molecule has 6 nitrogen and oxygen atoms in total. The van der Waals surface area contributed by atoms with Gasteiger partial charge in [-0.2, -0.15) is 0 Å². The largest absolute Gasteiger partial charge is 0.460 e. The Hall–Kier alpha value is -1.95. The predicted molar refractivity (Wildman–Crippen MR) is 78.9 cm³/mol. The second-order valence-electron chi connectivity index (χ2n) is 5.34. The highest BCUT2D eigenvalue weighted by Crippen LogP contribution is 2.09. The zero-order chi connectivity index (χ0) is 16.5. The van der Waals surface area contributed by atoms with Gasteiger partial charge in [-0.15, -0.1) is 0 Å². The number of ether oxygens (including phenoxy) is 2. The van der Waals surface area contributed by atoms with Crippen LogP contribution in [0.25, 0.3) is 0 Å². The molecule has 1 aliphatic rings. The molecule has 3 atom stereocenters. The molecular weight excluding hydrogens is 288 g/mol. The molecule has 6 heteroatoms. The third kappa shape index (κ3) is 7.73. The molecule has 0 amide bonds. The summed E-state index contributed by atoms with van der Waals surface area (Å²) in [6.07, 6.45) is 4.46. The molecule has 0 saturated carbocycles. The van der Waals surface area contributed by atoms with Gasteiger partial charge in [-0.3, -0.25) is 4.79 Å². The van der Waals surface area contributed by atoms with Crippen LogP contribution in [0, 0.1) is 0 Å². The molecule has 0 spiro atoms. The van der Waals surface area contributed by atoms with E-state index in [0.29, 0.717) is 19.3 Å². The van der Waals surface area contributed by atoms with E-state index in [9.17, 15) is 19.5 Å². The van der Waals surface area contributed by atoms with Crippen LogP contribution in [0.15, 0.2) is 24.3 Å². The van der Waals surface area contributed by atoms with Crippen LogP contribution in [0.5, 0.6) is 0 Å². The number of ketones is 1. The lowest BCUT2D eigenvalue weighted by atomic mass is 10.1. The number of rotatable bonds is 0. The Bertz CT molecular complexity index is 465. The van der Waals surface area contributed by atoms with Crippen molar-refractivity contribution < 1.29 is 29.0 Å². The lowest BCUT2D eigenvalue weighted by molar-refractivity contribution is -0.143. The lowest BCUT2D eigenvalue weighted by Gasteiger charge is -2.14. The van der Waals surface area contributed by atoms with Gasteiger partial charge in [0.15, 0.2) is 5.78 Å². The molecule has 0 saturated heterocycles. The van der Waals surface area contributed by atoms with E-state index in [0.717, 1.165) is 6.08 Å². The van der Waals surface area contributed by atoms with Crippen LogP contribution in [-0.4, -0.2) is 41.1 Å². The average Bonchev–Trinajstić information content (AvgIpc) is 2.46. The van der Waals surface area contributed by atoms with Crippen molar-refractivity contribution in [3.63, 3.8) is 0 Å². The van der Waals surface area contributed by atoms with Crippen molar-refractivity contribution in [2.45, 2.75) is 57.8 Å². The van der Waals surface area contributed by atoms with Crippen LogP contribution < -0.4 is 0 Å². The summed E-state index contributed by atoms with van der Waals surface area (Å²) in [5.74, 6) is -1.37. The number of aliphatic hydroxyl groups excluding tert-OH is 1. The Morgan fingerprint density at radius 2 is 1.50 bits per heavy atom. The molecule has 0 aromatic heterocycles. The van der Waals surface area contributed by atoms with Crippen molar-refractivity contribution in [2.75, 3.05) is 0 Å². The van der Waals surface area contributed by atoms with Crippen LogP contribution >= 0.6 is 0 Å². The zero-order valence-electron chi connectivity index (χ0n) is 12.9.